The fraction of sp³-hybridized carbons (Fsp3) is 0.464. The normalized spacial score (nSPS) is 23.2. The lowest BCUT2D eigenvalue weighted by Crippen LogP contribution is -2.55. The molecule has 0 unspecified atom stereocenters. The number of hydrogen-bond donors (Lipinski definition) is 0. The number of carbonyl (C=O) groups excluding carboxylic acids is 3. The highest BCUT2D eigenvalue weighted by Crippen LogP contribution is 2.41. The van der Waals surface area contributed by atoms with E-state index >= 15 is 0 Å². The summed E-state index contributed by atoms with van der Waals surface area (Å²) in [6.07, 6.45) is 3.47. The maximum atomic E-state index is 13.2. The Balaban J connectivity index is 1.29. The molecule has 8 heteroatoms. The first-order chi connectivity index (χ1) is 17.5. The van der Waals surface area contributed by atoms with E-state index in [1.165, 1.54) is 31.4 Å². The highest BCUT2D eigenvalue weighted by atomic mass is 19.1. The molecule has 0 saturated carbocycles. The molecule has 2 bridgehead atoms. The number of benzene rings is 2. The molecule has 2 aromatic carbocycles. The van der Waals surface area contributed by atoms with Crippen LogP contribution in [0.4, 0.5) is 4.39 Å². The van der Waals surface area contributed by atoms with Crippen molar-refractivity contribution in [2.24, 2.45) is 5.92 Å². The summed E-state index contributed by atoms with van der Waals surface area (Å²) in [6, 6.07) is 14.8. The van der Waals surface area contributed by atoms with E-state index in [1.807, 2.05) is 30.3 Å². The number of carbonyl (C=O) groups is 3. The Morgan fingerprint density at radius 1 is 1.00 bits per heavy atom. The molecule has 2 aliphatic rings. The first-order valence-electron chi connectivity index (χ1n) is 12.5. The van der Waals surface area contributed by atoms with E-state index in [-0.39, 0.29) is 30.2 Å². The van der Waals surface area contributed by atoms with Crippen molar-refractivity contribution >= 4 is 17.9 Å². The highest BCUT2D eigenvalue weighted by molar-refractivity contribution is 5.89. The zero-order chi connectivity index (χ0) is 25.5. The lowest BCUT2D eigenvalue weighted by molar-refractivity contribution is -0.156. The number of methoxy groups -OCH3 is 1. The number of ether oxygens (including phenoxy) is 3. The topological polar surface area (TPSA) is 82.1 Å². The fourth-order valence-electron chi connectivity index (χ4n) is 5.35. The molecular formula is C28H32FNO6. The van der Waals surface area contributed by atoms with Gasteiger partial charge in [-0.2, -0.15) is 0 Å². The van der Waals surface area contributed by atoms with Crippen molar-refractivity contribution in [1.82, 2.24) is 4.90 Å². The Bertz CT molecular complexity index is 1040. The first kappa shape index (κ1) is 25.8. The second-order valence-electron chi connectivity index (χ2n) is 9.38. The van der Waals surface area contributed by atoms with Crippen LogP contribution < -0.4 is 0 Å². The van der Waals surface area contributed by atoms with Crippen molar-refractivity contribution in [3.8, 4) is 0 Å². The smallest absolute Gasteiger partial charge is 0.338 e. The predicted molar refractivity (Wildman–Crippen MR) is 129 cm³/mol. The van der Waals surface area contributed by atoms with Crippen molar-refractivity contribution in [2.45, 2.75) is 63.3 Å². The van der Waals surface area contributed by atoms with Crippen LogP contribution in [0.2, 0.25) is 0 Å². The summed E-state index contributed by atoms with van der Waals surface area (Å²) in [5, 5.41) is 0. The SMILES string of the molecule is COC(=O)[C@H]1[C@@H](OC(=O)c2ccc(F)cc2)C[C@@H]2CC[C@H]1N2CCCCC(=O)OCc1ccccc1. The van der Waals surface area contributed by atoms with Crippen molar-refractivity contribution in [3.63, 3.8) is 0 Å². The summed E-state index contributed by atoms with van der Waals surface area (Å²) in [4.78, 5) is 39.8. The quantitative estimate of drug-likeness (QED) is 0.275. The molecule has 0 radical (unpaired) electrons. The van der Waals surface area contributed by atoms with E-state index in [2.05, 4.69) is 4.90 Å². The Morgan fingerprint density at radius 2 is 1.75 bits per heavy atom. The molecule has 0 aliphatic carbocycles. The monoisotopic (exact) mass is 497 g/mol. The van der Waals surface area contributed by atoms with Crippen LogP contribution in [0, 0.1) is 11.7 Å². The molecule has 2 saturated heterocycles. The lowest BCUT2D eigenvalue weighted by atomic mass is 9.87. The van der Waals surface area contributed by atoms with Crippen LogP contribution in [-0.4, -0.2) is 54.7 Å². The van der Waals surface area contributed by atoms with Crippen LogP contribution in [0.15, 0.2) is 54.6 Å². The third-order valence-electron chi connectivity index (χ3n) is 7.11. The summed E-state index contributed by atoms with van der Waals surface area (Å²) >= 11 is 0. The van der Waals surface area contributed by atoms with E-state index < -0.39 is 29.8 Å². The molecular weight excluding hydrogens is 465 g/mol. The molecule has 4 rings (SSSR count). The van der Waals surface area contributed by atoms with Crippen LogP contribution in [0.1, 0.15) is 54.4 Å². The van der Waals surface area contributed by atoms with Gasteiger partial charge < -0.3 is 14.2 Å². The maximum absolute atomic E-state index is 13.2. The average Bonchev–Trinajstić information content (AvgIpc) is 3.17. The molecule has 0 N–H and O–H groups in total. The Hall–Kier alpha value is -3.26. The standard InChI is InChI=1S/C28H32FNO6/c1-34-28(33)26-23-15-14-22(17-24(26)36-27(32)20-10-12-21(29)13-11-20)30(23)16-6-5-9-25(31)35-18-19-7-3-2-4-8-19/h2-4,7-8,10-13,22-24,26H,5-6,9,14-18H2,1H3/t22-,23+,24-,26+/m0/s1. The van der Waals surface area contributed by atoms with Gasteiger partial charge in [0, 0.05) is 24.9 Å². The minimum absolute atomic E-state index is 0.0905. The third kappa shape index (κ3) is 6.29. The lowest BCUT2D eigenvalue weighted by Gasteiger charge is -2.42. The van der Waals surface area contributed by atoms with Crippen LogP contribution in [0.5, 0.6) is 0 Å². The van der Waals surface area contributed by atoms with Crippen LogP contribution >= 0.6 is 0 Å². The van der Waals surface area contributed by atoms with Gasteiger partial charge in [0.1, 0.15) is 24.4 Å². The summed E-state index contributed by atoms with van der Waals surface area (Å²) in [5.74, 6) is -2.22. The molecule has 0 spiro atoms. The van der Waals surface area contributed by atoms with Crippen molar-refractivity contribution in [2.75, 3.05) is 13.7 Å². The van der Waals surface area contributed by atoms with E-state index in [0.717, 1.165) is 31.4 Å². The Morgan fingerprint density at radius 3 is 2.47 bits per heavy atom. The second kappa shape index (κ2) is 12.1. The van der Waals surface area contributed by atoms with Crippen molar-refractivity contribution in [1.29, 1.82) is 0 Å². The van der Waals surface area contributed by atoms with Crippen LogP contribution in [0.25, 0.3) is 0 Å². The largest absolute Gasteiger partial charge is 0.469 e. The molecule has 192 valence electrons. The van der Waals surface area contributed by atoms with E-state index in [0.29, 0.717) is 19.3 Å². The molecule has 0 aromatic heterocycles. The molecule has 2 heterocycles. The number of nitrogens with zero attached hydrogens (tertiary/aromatic N) is 1. The molecule has 2 aromatic rings. The number of fused-ring (bicyclic) bond motifs is 2. The van der Waals surface area contributed by atoms with Gasteiger partial charge in [-0.15, -0.1) is 0 Å². The highest BCUT2D eigenvalue weighted by Gasteiger charge is 2.52. The van der Waals surface area contributed by atoms with Gasteiger partial charge in [-0.1, -0.05) is 30.3 Å². The van der Waals surface area contributed by atoms with Crippen LogP contribution in [0.3, 0.4) is 0 Å². The summed E-state index contributed by atoms with van der Waals surface area (Å²) in [5.41, 5.74) is 1.20. The molecule has 2 aliphatic heterocycles. The number of piperidine rings is 1. The van der Waals surface area contributed by atoms with Gasteiger partial charge in [-0.3, -0.25) is 14.5 Å². The van der Waals surface area contributed by atoms with Gasteiger partial charge in [0.05, 0.1) is 12.7 Å². The molecule has 2 fully saturated rings. The van der Waals surface area contributed by atoms with Gasteiger partial charge in [0.2, 0.25) is 0 Å². The first-order valence-corrected chi connectivity index (χ1v) is 12.5. The number of hydrogen-bond acceptors (Lipinski definition) is 7. The number of esters is 3. The number of rotatable bonds is 10. The van der Waals surface area contributed by atoms with Crippen molar-refractivity contribution < 1.29 is 33.0 Å². The third-order valence-corrected chi connectivity index (χ3v) is 7.11. The minimum Gasteiger partial charge on any atom is -0.469 e. The molecule has 7 nitrogen and oxygen atoms in total. The van der Waals surface area contributed by atoms with Crippen molar-refractivity contribution in [3.05, 3.63) is 71.5 Å². The molecule has 0 amide bonds. The van der Waals surface area contributed by atoms with E-state index in [4.69, 9.17) is 14.2 Å². The number of halogens is 1. The van der Waals surface area contributed by atoms with Gasteiger partial charge in [0.25, 0.3) is 0 Å². The fourth-order valence-corrected chi connectivity index (χ4v) is 5.35. The predicted octanol–water partition coefficient (Wildman–Crippen LogP) is 4.29. The number of unbranched alkanes of at least 4 members (excludes halogenated alkanes) is 1. The van der Waals surface area contributed by atoms with E-state index in [1.54, 1.807) is 0 Å². The van der Waals surface area contributed by atoms with Gasteiger partial charge >= 0.3 is 17.9 Å². The Kier molecular flexibility index (Phi) is 8.70. The Labute approximate surface area is 210 Å². The molecule has 36 heavy (non-hydrogen) atoms. The van der Waals surface area contributed by atoms with Gasteiger partial charge in [-0.05, 0) is 62.1 Å². The molecule has 4 atom stereocenters. The summed E-state index contributed by atoms with van der Waals surface area (Å²) in [7, 11) is 1.34. The minimum atomic E-state index is -0.600. The average molecular weight is 498 g/mol. The summed E-state index contributed by atoms with van der Waals surface area (Å²) < 4.78 is 29.4. The summed E-state index contributed by atoms with van der Waals surface area (Å²) in [6.45, 7) is 1.02. The maximum Gasteiger partial charge on any atom is 0.338 e. The second-order valence-corrected chi connectivity index (χ2v) is 9.38. The van der Waals surface area contributed by atoms with Gasteiger partial charge in [0.15, 0.2) is 0 Å². The van der Waals surface area contributed by atoms with Gasteiger partial charge in [-0.25, -0.2) is 9.18 Å². The zero-order valence-electron chi connectivity index (χ0n) is 20.4. The zero-order valence-corrected chi connectivity index (χ0v) is 20.4. The van der Waals surface area contributed by atoms with Crippen LogP contribution in [-0.2, 0) is 30.4 Å². The van der Waals surface area contributed by atoms with E-state index in [9.17, 15) is 18.8 Å².